The van der Waals surface area contributed by atoms with E-state index in [1.54, 1.807) is 22.7 Å². The molecule has 0 fully saturated rings. The molecule has 0 amide bonds. The van der Waals surface area contributed by atoms with Crippen molar-refractivity contribution in [2.24, 2.45) is 0 Å². The molecule has 0 aliphatic rings. The molecule has 92 valence electrons. The lowest BCUT2D eigenvalue weighted by molar-refractivity contribution is 0.905. The molecule has 1 atom stereocenters. The number of rotatable bonds is 3. The van der Waals surface area contributed by atoms with Gasteiger partial charge in [0.1, 0.15) is 0 Å². The highest BCUT2D eigenvalue weighted by Gasteiger charge is 2.09. The summed E-state index contributed by atoms with van der Waals surface area (Å²) in [6.45, 7) is 2.14. The van der Waals surface area contributed by atoms with E-state index in [0.717, 1.165) is 20.4 Å². The minimum absolute atomic E-state index is 0.279. The van der Waals surface area contributed by atoms with Crippen LogP contribution >= 0.6 is 34.3 Å². The van der Waals surface area contributed by atoms with Crippen LogP contribution in [0.3, 0.4) is 0 Å². The van der Waals surface area contributed by atoms with Gasteiger partial charge in [-0.25, -0.2) is 4.98 Å². The predicted octanol–water partition coefficient (Wildman–Crippen LogP) is 5.18. The maximum atomic E-state index is 5.96. The van der Waals surface area contributed by atoms with Gasteiger partial charge >= 0.3 is 0 Å². The summed E-state index contributed by atoms with van der Waals surface area (Å²) < 4.78 is 1.15. The van der Waals surface area contributed by atoms with Crippen LogP contribution in [0.2, 0.25) is 5.02 Å². The zero-order valence-corrected chi connectivity index (χ0v) is 12.1. The van der Waals surface area contributed by atoms with E-state index in [9.17, 15) is 0 Å². The van der Waals surface area contributed by atoms with Crippen molar-refractivity contribution in [1.82, 2.24) is 4.98 Å². The number of fused-ring (bicyclic) bond motifs is 1. The van der Waals surface area contributed by atoms with Gasteiger partial charge in [-0.15, -0.1) is 11.3 Å². The second-order valence-corrected chi connectivity index (χ2v) is 6.46. The molecule has 1 unspecified atom stereocenters. The van der Waals surface area contributed by atoms with E-state index in [-0.39, 0.29) is 6.04 Å². The first-order valence-corrected chi connectivity index (χ1v) is 7.66. The molecular weight excluding hydrogens is 284 g/mol. The molecule has 0 saturated carbocycles. The van der Waals surface area contributed by atoms with Crippen LogP contribution in [0.1, 0.15) is 17.8 Å². The summed E-state index contributed by atoms with van der Waals surface area (Å²) in [6, 6.07) is 10.3. The summed E-state index contributed by atoms with van der Waals surface area (Å²) >= 11 is 9.37. The van der Waals surface area contributed by atoms with Gasteiger partial charge in [0.05, 0.1) is 16.3 Å². The third-order valence-corrected chi connectivity index (χ3v) is 4.92. The second-order valence-electron chi connectivity index (χ2n) is 4.01. The molecule has 0 radical (unpaired) electrons. The van der Waals surface area contributed by atoms with Crippen LogP contribution in [0.4, 0.5) is 5.13 Å². The third kappa shape index (κ3) is 2.36. The van der Waals surface area contributed by atoms with Crippen molar-refractivity contribution < 1.29 is 0 Å². The van der Waals surface area contributed by atoms with Crippen LogP contribution in [0.5, 0.6) is 0 Å². The molecule has 2 heterocycles. The summed E-state index contributed by atoms with van der Waals surface area (Å²) in [4.78, 5) is 5.86. The van der Waals surface area contributed by atoms with Gasteiger partial charge in [-0.3, -0.25) is 0 Å². The highest BCUT2D eigenvalue weighted by molar-refractivity contribution is 7.22. The van der Waals surface area contributed by atoms with Gasteiger partial charge in [-0.2, -0.15) is 0 Å². The van der Waals surface area contributed by atoms with Crippen LogP contribution in [0.25, 0.3) is 10.2 Å². The van der Waals surface area contributed by atoms with Crippen molar-refractivity contribution in [3.63, 3.8) is 0 Å². The number of nitrogens with zero attached hydrogens (tertiary/aromatic N) is 1. The Morgan fingerprint density at radius 1 is 1.33 bits per heavy atom. The van der Waals surface area contributed by atoms with E-state index in [1.165, 1.54) is 4.88 Å². The lowest BCUT2D eigenvalue weighted by Gasteiger charge is -2.09. The van der Waals surface area contributed by atoms with Crippen molar-refractivity contribution in [3.8, 4) is 0 Å². The Balaban J connectivity index is 1.86. The van der Waals surface area contributed by atoms with Gasteiger partial charge in [0.25, 0.3) is 0 Å². The number of aromatic nitrogens is 1. The summed E-state index contributed by atoms with van der Waals surface area (Å²) in [6.07, 6.45) is 0. The van der Waals surface area contributed by atoms with Crippen molar-refractivity contribution in [2.75, 3.05) is 5.32 Å². The van der Waals surface area contributed by atoms with Crippen LogP contribution < -0.4 is 5.32 Å². The highest BCUT2D eigenvalue weighted by atomic mass is 35.5. The van der Waals surface area contributed by atoms with Gasteiger partial charge in [0.15, 0.2) is 5.13 Å². The van der Waals surface area contributed by atoms with E-state index >= 15 is 0 Å². The predicted molar refractivity (Wildman–Crippen MR) is 81.0 cm³/mol. The number of hydrogen-bond donors (Lipinski definition) is 1. The van der Waals surface area contributed by atoms with Crippen molar-refractivity contribution in [1.29, 1.82) is 0 Å². The van der Waals surface area contributed by atoms with Crippen LogP contribution in [-0.4, -0.2) is 4.98 Å². The Kier molecular flexibility index (Phi) is 3.24. The van der Waals surface area contributed by atoms with Crippen molar-refractivity contribution >= 4 is 49.6 Å². The van der Waals surface area contributed by atoms with Gasteiger partial charge < -0.3 is 5.32 Å². The van der Waals surface area contributed by atoms with E-state index in [4.69, 9.17) is 11.6 Å². The monoisotopic (exact) mass is 294 g/mol. The molecule has 0 saturated heterocycles. The second kappa shape index (κ2) is 4.88. The first-order chi connectivity index (χ1) is 8.72. The number of thiophene rings is 1. The van der Waals surface area contributed by atoms with E-state index in [0.29, 0.717) is 0 Å². The smallest absolute Gasteiger partial charge is 0.184 e. The number of hydrogen-bond acceptors (Lipinski definition) is 4. The summed E-state index contributed by atoms with van der Waals surface area (Å²) in [5, 5.41) is 7.18. The maximum absolute atomic E-state index is 5.96. The molecule has 18 heavy (non-hydrogen) atoms. The fraction of sp³-hybridized carbons (Fsp3) is 0.154. The Bertz CT molecular complexity index is 661. The highest BCUT2D eigenvalue weighted by Crippen LogP contribution is 2.31. The molecule has 2 aromatic heterocycles. The Hall–Kier alpha value is -1.10. The molecule has 0 aliphatic carbocycles. The summed E-state index contributed by atoms with van der Waals surface area (Å²) in [7, 11) is 0. The molecule has 2 nitrogen and oxygen atoms in total. The largest absolute Gasteiger partial charge is 0.354 e. The number of benzene rings is 1. The lowest BCUT2D eigenvalue weighted by atomic mass is 10.3. The lowest BCUT2D eigenvalue weighted by Crippen LogP contribution is -2.03. The van der Waals surface area contributed by atoms with Crippen molar-refractivity contribution in [2.45, 2.75) is 13.0 Å². The molecule has 0 aliphatic heterocycles. The quantitative estimate of drug-likeness (QED) is 0.719. The average molecular weight is 295 g/mol. The van der Waals surface area contributed by atoms with E-state index in [2.05, 4.69) is 34.7 Å². The zero-order chi connectivity index (χ0) is 12.5. The number of thiazole rings is 1. The minimum Gasteiger partial charge on any atom is -0.354 e. The van der Waals surface area contributed by atoms with Crippen molar-refractivity contribution in [3.05, 3.63) is 45.6 Å². The number of halogens is 1. The molecule has 3 aromatic rings. The standard InChI is InChI=1S/C13H11ClN2S2/c1-8(11-3-2-6-17-11)15-13-16-10-7-9(14)4-5-12(10)18-13/h2-8H,1H3,(H,15,16). The summed E-state index contributed by atoms with van der Waals surface area (Å²) in [5.41, 5.74) is 0.952. The Labute approximate surface area is 118 Å². The fourth-order valence-corrected chi connectivity index (χ4v) is 3.59. The number of anilines is 1. The van der Waals surface area contributed by atoms with Gasteiger partial charge in [-0.1, -0.05) is 29.0 Å². The fourth-order valence-electron chi connectivity index (χ4n) is 1.76. The van der Waals surface area contributed by atoms with Gasteiger partial charge in [0, 0.05) is 9.90 Å². The first kappa shape index (κ1) is 12.0. The molecule has 0 bridgehead atoms. The molecular formula is C13H11ClN2S2. The molecule has 1 N–H and O–H groups in total. The first-order valence-electron chi connectivity index (χ1n) is 5.58. The van der Waals surface area contributed by atoms with Gasteiger partial charge in [-0.05, 0) is 36.6 Å². The molecule has 1 aromatic carbocycles. The van der Waals surface area contributed by atoms with E-state index in [1.807, 2.05) is 18.2 Å². The van der Waals surface area contributed by atoms with Gasteiger partial charge in [0.2, 0.25) is 0 Å². The maximum Gasteiger partial charge on any atom is 0.184 e. The molecule has 5 heteroatoms. The van der Waals surface area contributed by atoms with Crippen LogP contribution in [0.15, 0.2) is 35.7 Å². The normalized spacial score (nSPS) is 12.8. The molecule has 0 spiro atoms. The SMILES string of the molecule is CC(Nc1nc2cc(Cl)ccc2s1)c1cccs1. The Morgan fingerprint density at radius 3 is 3.00 bits per heavy atom. The topological polar surface area (TPSA) is 24.9 Å². The van der Waals surface area contributed by atoms with E-state index < -0.39 is 0 Å². The van der Waals surface area contributed by atoms with Crippen LogP contribution in [-0.2, 0) is 0 Å². The van der Waals surface area contributed by atoms with Crippen LogP contribution in [0, 0.1) is 0 Å². The average Bonchev–Trinajstić information content (AvgIpc) is 2.95. The molecule has 3 rings (SSSR count). The number of nitrogens with one attached hydrogen (secondary N) is 1. The summed E-state index contributed by atoms with van der Waals surface area (Å²) in [5.74, 6) is 0. The minimum atomic E-state index is 0.279. The Morgan fingerprint density at radius 2 is 2.22 bits per heavy atom. The zero-order valence-electron chi connectivity index (χ0n) is 9.68. The third-order valence-electron chi connectivity index (χ3n) is 2.66.